The summed E-state index contributed by atoms with van der Waals surface area (Å²) in [4.78, 5) is 11.1. The van der Waals surface area contributed by atoms with Gasteiger partial charge >= 0.3 is 6.16 Å². The molecule has 0 amide bonds. The maximum atomic E-state index is 11.1. The highest BCUT2D eigenvalue weighted by Crippen LogP contribution is 2.11. The second-order valence-corrected chi connectivity index (χ2v) is 3.96. The average Bonchev–Trinajstić information content (AvgIpc) is 2.28. The van der Waals surface area contributed by atoms with Crippen LogP contribution < -0.4 is 5.32 Å². The summed E-state index contributed by atoms with van der Waals surface area (Å²) in [6.45, 7) is 5.09. The molecule has 0 aliphatic carbocycles. The lowest BCUT2D eigenvalue weighted by Gasteiger charge is -2.21. The maximum absolute atomic E-state index is 11.1. The van der Waals surface area contributed by atoms with Crippen molar-refractivity contribution in [2.45, 2.75) is 32.6 Å². The van der Waals surface area contributed by atoms with Crippen molar-refractivity contribution in [2.75, 3.05) is 26.3 Å². The molecule has 15 heavy (non-hydrogen) atoms. The molecule has 1 fully saturated rings. The Bertz CT molecular complexity index is 179. The third kappa shape index (κ3) is 5.62. The van der Waals surface area contributed by atoms with Crippen LogP contribution in [0.4, 0.5) is 4.79 Å². The van der Waals surface area contributed by atoms with Crippen LogP contribution in [0.3, 0.4) is 0 Å². The zero-order chi connectivity index (χ0) is 10.9. The molecule has 0 saturated carbocycles. The standard InChI is InChI=1S/C11H21NO3/c1-2-3-8-14-11(13)15-9-10-4-6-12-7-5-10/h10,12H,2-9H2,1H3. The number of nitrogens with one attached hydrogen (secondary N) is 1. The van der Waals surface area contributed by atoms with Crippen molar-refractivity contribution < 1.29 is 14.3 Å². The van der Waals surface area contributed by atoms with Gasteiger partial charge < -0.3 is 14.8 Å². The zero-order valence-electron chi connectivity index (χ0n) is 9.46. The second kappa shape index (κ2) is 7.51. The summed E-state index contributed by atoms with van der Waals surface area (Å²) in [5, 5.41) is 3.27. The van der Waals surface area contributed by atoms with E-state index >= 15 is 0 Å². The van der Waals surface area contributed by atoms with Crippen LogP contribution in [0.1, 0.15) is 32.6 Å². The van der Waals surface area contributed by atoms with Crippen LogP contribution in [0.25, 0.3) is 0 Å². The molecule has 1 rings (SSSR count). The molecule has 0 aromatic rings. The summed E-state index contributed by atoms with van der Waals surface area (Å²) in [5.74, 6) is 0.505. The Morgan fingerprint density at radius 3 is 2.73 bits per heavy atom. The van der Waals surface area contributed by atoms with Gasteiger partial charge in [0.2, 0.25) is 0 Å². The molecule has 1 aliphatic heterocycles. The molecule has 4 nitrogen and oxygen atoms in total. The minimum Gasteiger partial charge on any atom is -0.434 e. The van der Waals surface area contributed by atoms with E-state index in [-0.39, 0.29) is 0 Å². The number of piperidine rings is 1. The Kier molecular flexibility index (Phi) is 6.16. The first-order valence-corrected chi connectivity index (χ1v) is 5.83. The lowest BCUT2D eigenvalue weighted by Crippen LogP contribution is -2.30. The normalized spacial score (nSPS) is 17.4. The fourth-order valence-electron chi connectivity index (χ4n) is 1.58. The molecule has 4 heteroatoms. The van der Waals surface area contributed by atoms with E-state index in [0.717, 1.165) is 38.8 Å². The Hall–Kier alpha value is -0.770. The quantitative estimate of drug-likeness (QED) is 0.562. The topological polar surface area (TPSA) is 47.6 Å². The molecule has 0 aromatic heterocycles. The predicted octanol–water partition coefficient (Wildman–Crippen LogP) is 1.94. The summed E-state index contributed by atoms with van der Waals surface area (Å²) in [7, 11) is 0. The van der Waals surface area contributed by atoms with Crippen molar-refractivity contribution >= 4 is 6.16 Å². The molecule has 0 unspecified atom stereocenters. The molecule has 88 valence electrons. The summed E-state index contributed by atoms with van der Waals surface area (Å²) in [6.07, 6.45) is 3.59. The highest BCUT2D eigenvalue weighted by molar-refractivity contribution is 5.59. The van der Waals surface area contributed by atoms with Gasteiger partial charge in [-0.25, -0.2) is 4.79 Å². The van der Waals surface area contributed by atoms with Gasteiger partial charge in [0.05, 0.1) is 13.2 Å². The highest BCUT2D eigenvalue weighted by Gasteiger charge is 2.15. The number of hydrogen-bond donors (Lipinski definition) is 1. The second-order valence-electron chi connectivity index (χ2n) is 3.96. The highest BCUT2D eigenvalue weighted by atomic mass is 16.7. The molecule has 1 aliphatic rings. The Labute approximate surface area is 91.3 Å². The molecule has 1 saturated heterocycles. The molecular weight excluding hydrogens is 194 g/mol. The average molecular weight is 215 g/mol. The first-order valence-electron chi connectivity index (χ1n) is 5.83. The van der Waals surface area contributed by atoms with Crippen LogP contribution in [0.2, 0.25) is 0 Å². The third-order valence-electron chi connectivity index (χ3n) is 2.61. The summed E-state index contributed by atoms with van der Waals surface area (Å²) < 4.78 is 9.94. The van der Waals surface area contributed by atoms with E-state index in [1.54, 1.807) is 0 Å². The minimum absolute atomic E-state index is 0.474. The first kappa shape index (κ1) is 12.3. The monoisotopic (exact) mass is 215 g/mol. The van der Waals surface area contributed by atoms with E-state index in [1.807, 2.05) is 0 Å². The van der Waals surface area contributed by atoms with Gasteiger partial charge in [-0.05, 0) is 38.3 Å². The van der Waals surface area contributed by atoms with E-state index in [1.165, 1.54) is 0 Å². The van der Waals surface area contributed by atoms with Crippen molar-refractivity contribution in [3.8, 4) is 0 Å². The van der Waals surface area contributed by atoms with Gasteiger partial charge in [-0.1, -0.05) is 13.3 Å². The molecule has 0 radical (unpaired) electrons. The van der Waals surface area contributed by atoms with E-state index in [4.69, 9.17) is 9.47 Å². The van der Waals surface area contributed by atoms with E-state index in [2.05, 4.69) is 12.2 Å². The van der Waals surface area contributed by atoms with Crippen LogP contribution in [-0.2, 0) is 9.47 Å². The van der Waals surface area contributed by atoms with Gasteiger partial charge in [0.1, 0.15) is 0 Å². The van der Waals surface area contributed by atoms with Crippen molar-refractivity contribution in [1.82, 2.24) is 5.32 Å². The number of carbonyl (C=O) groups excluding carboxylic acids is 1. The van der Waals surface area contributed by atoms with Gasteiger partial charge in [0.15, 0.2) is 0 Å². The van der Waals surface area contributed by atoms with Crippen molar-refractivity contribution in [3.63, 3.8) is 0 Å². The van der Waals surface area contributed by atoms with E-state index < -0.39 is 6.16 Å². The molecular formula is C11H21NO3. The summed E-state index contributed by atoms with van der Waals surface area (Å²) in [6, 6.07) is 0. The minimum atomic E-state index is -0.512. The van der Waals surface area contributed by atoms with Gasteiger partial charge in [0, 0.05) is 0 Å². The predicted molar refractivity (Wildman–Crippen MR) is 57.8 cm³/mol. The lowest BCUT2D eigenvalue weighted by atomic mass is 9.99. The van der Waals surface area contributed by atoms with Crippen molar-refractivity contribution in [1.29, 1.82) is 0 Å². The van der Waals surface area contributed by atoms with E-state index in [9.17, 15) is 4.79 Å². The van der Waals surface area contributed by atoms with Crippen molar-refractivity contribution in [3.05, 3.63) is 0 Å². The zero-order valence-corrected chi connectivity index (χ0v) is 9.46. The Balaban J connectivity index is 2.00. The van der Waals surface area contributed by atoms with Crippen LogP contribution in [0, 0.1) is 5.92 Å². The molecule has 0 bridgehead atoms. The Morgan fingerprint density at radius 1 is 1.33 bits per heavy atom. The summed E-state index contributed by atoms with van der Waals surface area (Å²) in [5.41, 5.74) is 0. The van der Waals surface area contributed by atoms with Crippen LogP contribution in [0.15, 0.2) is 0 Å². The molecule has 0 aromatic carbocycles. The fourth-order valence-corrected chi connectivity index (χ4v) is 1.58. The van der Waals surface area contributed by atoms with Gasteiger partial charge in [0.25, 0.3) is 0 Å². The first-order chi connectivity index (χ1) is 7.33. The lowest BCUT2D eigenvalue weighted by molar-refractivity contribution is 0.0399. The SMILES string of the molecule is CCCCOC(=O)OCC1CCNCC1. The third-order valence-corrected chi connectivity index (χ3v) is 2.61. The largest absolute Gasteiger partial charge is 0.508 e. The number of ether oxygens (including phenoxy) is 2. The molecule has 0 spiro atoms. The van der Waals surface area contributed by atoms with E-state index in [0.29, 0.717) is 19.1 Å². The molecule has 1 heterocycles. The fraction of sp³-hybridized carbons (Fsp3) is 0.909. The number of hydrogen-bond acceptors (Lipinski definition) is 4. The summed E-state index contributed by atoms with van der Waals surface area (Å²) >= 11 is 0. The number of rotatable bonds is 5. The molecule has 1 N–H and O–H groups in total. The molecule has 0 atom stereocenters. The van der Waals surface area contributed by atoms with Crippen LogP contribution >= 0.6 is 0 Å². The number of carbonyl (C=O) groups is 1. The van der Waals surface area contributed by atoms with Crippen LogP contribution in [0.5, 0.6) is 0 Å². The van der Waals surface area contributed by atoms with Gasteiger partial charge in [-0.2, -0.15) is 0 Å². The smallest absolute Gasteiger partial charge is 0.434 e. The van der Waals surface area contributed by atoms with Gasteiger partial charge in [-0.3, -0.25) is 0 Å². The Morgan fingerprint density at radius 2 is 2.07 bits per heavy atom. The maximum Gasteiger partial charge on any atom is 0.508 e. The number of unbranched alkanes of at least 4 members (excludes halogenated alkanes) is 1. The van der Waals surface area contributed by atoms with Crippen molar-refractivity contribution in [2.24, 2.45) is 5.92 Å². The van der Waals surface area contributed by atoms with Gasteiger partial charge in [-0.15, -0.1) is 0 Å². The van der Waals surface area contributed by atoms with Crippen LogP contribution in [-0.4, -0.2) is 32.5 Å².